The Kier molecular flexibility index (Phi) is 17.1. The monoisotopic (exact) mass is 902 g/mol. The summed E-state index contributed by atoms with van der Waals surface area (Å²) in [6.45, 7) is 14.9. The zero-order valence-corrected chi connectivity index (χ0v) is 39.5. The Hall–Kier alpha value is -5.80. The molecule has 4 aromatic carbocycles. The van der Waals surface area contributed by atoms with Gasteiger partial charge in [0.1, 0.15) is 11.9 Å². The number of phenols is 1. The van der Waals surface area contributed by atoms with Crippen molar-refractivity contribution in [1.29, 1.82) is 0 Å². The van der Waals surface area contributed by atoms with E-state index in [1.54, 1.807) is 12.1 Å². The van der Waals surface area contributed by atoms with Gasteiger partial charge in [-0.3, -0.25) is 19.7 Å². The van der Waals surface area contributed by atoms with Crippen LogP contribution in [-0.4, -0.2) is 80.0 Å². The number of carbonyl (C=O) groups is 3. The number of pyridine rings is 1. The topological polar surface area (TPSA) is 174 Å². The average molecular weight is 903 g/mol. The average Bonchev–Trinajstić information content (AvgIpc) is 3.28. The van der Waals surface area contributed by atoms with Crippen molar-refractivity contribution in [3.63, 3.8) is 0 Å². The molecule has 0 saturated carbocycles. The molecule has 5 aromatic rings. The van der Waals surface area contributed by atoms with Gasteiger partial charge in [-0.05, 0) is 90.8 Å². The zero-order chi connectivity index (χ0) is 46.4. The lowest BCUT2D eigenvalue weighted by Crippen LogP contribution is -2.43. The molecular weight excluding hydrogens is 837 g/mol. The first-order valence-electron chi connectivity index (χ1n) is 22.9. The summed E-state index contributed by atoms with van der Waals surface area (Å²) in [7, 11) is -2.21. The van der Waals surface area contributed by atoms with Gasteiger partial charge in [0.2, 0.25) is 17.4 Å². The number of unbranched alkanes of at least 4 members (excludes halogenated alkanes) is 2. The van der Waals surface area contributed by atoms with Crippen molar-refractivity contribution in [3.8, 4) is 16.9 Å². The van der Waals surface area contributed by atoms with Gasteiger partial charge >= 0.3 is 6.09 Å². The van der Waals surface area contributed by atoms with E-state index in [-0.39, 0.29) is 40.4 Å². The molecule has 1 saturated heterocycles. The predicted octanol–water partition coefficient (Wildman–Crippen LogP) is 9.47. The highest BCUT2D eigenvalue weighted by atomic mass is 28.4. The first-order chi connectivity index (χ1) is 31.1. The quantitative estimate of drug-likeness (QED) is 0.0329. The fourth-order valence-corrected chi connectivity index (χ4v) is 9.01. The molecule has 0 radical (unpaired) electrons. The van der Waals surface area contributed by atoms with Crippen molar-refractivity contribution >= 4 is 48.5 Å². The number of phenolic OH excluding ortho intramolecular Hbond substituents is 1. The lowest BCUT2D eigenvalue weighted by Gasteiger charge is -2.39. The third-order valence-corrected chi connectivity index (χ3v) is 17.0. The molecule has 0 spiro atoms. The van der Waals surface area contributed by atoms with E-state index in [0.717, 1.165) is 78.5 Å². The molecule has 14 heteroatoms. The van der Waals surface area contributed by atoms with Crippen LogP contribution in [0, 0.1) is 0 Å². The van der Waals surface area contributed by atoms with E-state index < -0.39 is 14.4 Å². The number of anilines is 2. The van der Waals surface area contributed by atoms with Crippen molar-refractivity contribution in [2.24, 2.45) is 0 Å². The number of rotatable bonds is 20. The number of fused-ring (bicyclic) bond motifs is 1. The van der Waals surface area contributed by atoms with E-state index in [0.29, 0.717) is 50.2 Å². The number of nitrogens with zero attached hydrogens (tertiary/aromatic N) is 1. The Morgan fingerprint density at radius 2 is 1.55 bits per heavy atom. The van der Waals surface area contributed by atoms with Crippen LogP contribution in [0.5, 0.6) is 5.75 Å². The third-order valence-electron chi connectivity index (χ3n) is 12.5. The highest BCUT2D eigenvalue weighted by Gasteiger charge is 2.40. The molecule has 0 bridgehead atoms. The Morgan fingerprint density at radius 3 is 2.29 bits per heavy atom. The maximum atomic E-state index is 12.8. The minimum absolute atomic E-state index is 0.0140. The maximum Gasteiger partial charge on any atom is 0.411 e. The molecule has 1 aliphatic heterocycles. The number of amides is 3. The van der Waals surface area contributed by atoms with Crippen LogP contribution in [0.25, 0.3) is 22.0 Å². The fraction of sp³-hybridized carbons (Fsp3) is 0.412. The van der Waals surface area contributed by atoms with Crippen LogP contribution in [-0.2, 0) is 25.3 Å². The second-order valence-electron chi connectivity index (χ2n) is 18.4. The summed E-state index contributed by atoms with van der Waals surface area (Å²) in [6.07, 6.45) is 3.65. The van der Waals surface area contributed by atoms with E-state index in [1.807, 2.05) is 84.9 Å². The van der Waals surface area contributed by atoms with Gasteiger partial charge < -0.3 is 40.1 Å². The van der Waals surface area contributed by atoms with E-state index >= 15 is 0 Å². The van der Waals surface area contributed by atoms with Crippen molar-refractivity contribution in [3.05, 3.63) is 125 Å². The van der Waals surface area contributed by atoms with Crippen molar-refractivity contribution in [2.45, 2.75) is 103 Å². The van der Waals surface area contributed by atoms with Crippen LogP contribution in [0.3, 0.4) is 0 Å². The van der Waals surface area contributed by atoms with E-state index in [4.69, 9.17) is 9.16 Å². The lowest BCUT2D eigenvalue weighted by atomic mass is 10.0. The summed E-state index contributed by atoms with van der Waals surface area (Å²) in [5, 5.41) is 23.7. The maximum absolute atomic E-state index is 12.8. The molecule has 65 heavy (non-hydrogen) atoms. The number of nitrogens with one attached hydrogen (secondary N) is 5. The number of aromatic amines is 1. The summed E-state index contributed by atoms with van der Waals surface area (Å²) in [5.41, 5.74) is 5.46. The molecule has 2 heterocycles. The van der Waals surface area contributed by atoms with Crippen LogP contribution in [0.2, 0.25) is 18.1 Å². The van der Waals surface area contributed by atoms with E-state index in [1.165, 1.54) is 6.07 Å². The summed E-state index contributed by atoms with van der Waals surface area (Å²) in [6, 6.07) is 32.1. The normalized spacial score (nSPS) is 14.2. The van der Waals surface area contributed by atoms with Crippen LogP contribution in [0.1, 0.15) is 82.9 Å². The SMILES string of the molecule is CC(C)(C)[Si](C)(C)OC(CNCc1ccc(NC(=O)CCCCCNC(=O)CCN2CCC(OC(=O)Nc3ccccc3-c3ccccc3)CC2)cc1)c1ccc(O)c2[nH]c(=O)ccc12. The Bertz CT molecular complexity index is 2410. The lowest BCUT2D eigenvalue weighted by molar-refractivity contribution is -0.121. The van der Waals surface area contributed by atoms with Gasteiger partial charge in [-0.1, -0.05) is 93.9 Å². The minimum atomic E-state index is -2.21. The Labute approximate surface area is 383 Å². The first kappa shape index (κ1) is 48.6. The number of benzene rings is 4. The van der Waals surface area contributed by atoms with Crippen molar-refractivity contribution < 1.29 is 28.7 Å². The number of carbonyl (C=O) groups excluding carboxylic acids is 3. The van der Waals surface area contributed by atoms with Gasteiger partial charge in [-0.15, -0.1) is 0 Å². The van der Waals surface area contributed by atoms with Gasteiger partial charge in [0.05, 0.1) is 17.3 Å². The van der Waals surface area contributed by atoms with Gasteiger partial charge in [0.15, 0.2) is 8.32 Å². The standard InChI is InChI=1S/C51H66N6O7Si/c1-51(2,3)65(4,5)64-45(41-23-25-44(58)49-42(41)24-26-48(61)56-49)35-52-34-36-19-21-38(22-20-36)54-47(60)18-10-7-13-30-53-46(59)29-33-57-31-27-39(28-32-57)63-50(62)55-43-17-12-11-16-40(43)37-14-8-6-9-15-37/h6,8-9,11-12,14-17,19-26,39,45,52,58H,7,10,13,18,27-35H2,1-5H3,(H,53,59)(H,54,60)(H,55,62)(H,56,61). The molecule has 0 aliphatic carbocycles. The molecular formula is C51H66N6O7Si. The van der Waals surface area contributed by atoms with Crippen LogP contribution < -0.4 is 26.8 Å². The van der Waals surface area contributed by atoms with Gasteiger partial charge in [0.25, 0.3) is 0 Å². The Morgan fingerprint density at radius 1 is 0.831 bits per heavy atom. The van der Waals surface area contributed by atoms with Crippen molar-refractivity contribution in [1.82, 2.24) is 20.5 Å². The molecule has 13 nitrogen and oxygen atoms in total. The fourth-order valence-electron chi connectivity index (χ4n) is 7.73. The summed E-state index contributed by atoms with van der Waals surface area (Å²) in [4.78, 5) is 55.1. The van der Waals surface area contributed by atoms with Crippen LogP contribution in [0.4, 0.5) is 16.2 Å². The zero-order valence-electron chi connectivity index (χ0n) is 38.5. The highest BCUT2D eigenvalue weighted by molar-refractivity contribution is 6.74. The molecule has 1 aromatic heterocycles. The molecule has 1 aliphatic rings. The molecule has 1 fully saturated rings. The van der Waals surface area contributed by atoms with E-state index in [9.17, 15) is 24.3 Å². The number of hydrogen-bond acceptors (Lipinski definition) is 9. The Balaban J connectivity index is 0.832. The smallest absolute Gasteiger partial charge is 0.411 e. The highest BCUT2D eigenvalue weighted by Crippen LogP contribution is 2.41. The van der Waals surface area contributed by atoms with Crippen LogP contribution in [0.15, 0.2) is 108 Å². The summed E-state index contributed by atoms with van der Waals surface area (Å²) < 4.78 is 12.7. The largest absolute Gasteiger partial charge is 0.506 e. The molecule has 1 unspecified atom stereocenters. The second kappa shape index (κ2) is 22.9. The third kappa shape index (κ3) is 14.3. The van der Waals surface area contributed by atoms with Crippen molar-refractivity contribution in [2.75, 3.05) is 43.4 Å². The number of likely N-dealkylation sites (tertiary alicyclic amines) is 1. The molecule has 6 rings (SSSR count). The number of aromatic nitrogens is 1. The molecule has 3 amide bonds. The first-order valence-corrected chi connectivity index (χ1v) is 25.8. The number of hydrogen-bond donors (Lipinski definition) is 6. The number of H-pyrrole nitrogens is 1. The second-order valence-corrected chi connectivity index (χ2v) is 23.2. The number of aromatic hydroxyl groups is 1. The molecule has 346 valence electrons. The van der Waals surface area contributed by atoms with Gasteiger partial charge in [-0.25, -0.2) is 4.79 Å². The number of para-hydroxylation sites is 1. The van der Waals surface area contributed by atoms with Gasteiger partial charge in [-0.2, -0.15) is 0 Å². The number of ether oxygens (including phenoxy) is 1. The van der Waals surface area contributed by atoms with E-state index in [2.05, 4.69) is 65.0 Å². The minimum Gasteiger partial charge on any atom is -0.506 e. The molecule has 1 atom stereocenters. The predicted molar refractivity (Wildman–Crippen MR) is 262 cm³/mol. The summed E-state index contributed by atoms with van der Waals surface area (Å²) in [5.74, 6) is -0.0133. The van der Waals surface area contributed by atoms with Gasteiger partial charge in [0, 0.05) is 74.8 Å². The van der Waals surface area contributed by atoms with Crippen LogP contribution >= 0.6 is 0 Å². The number of piperidine rings is 1. The molecule has 6 N–H and O–H groups in total. The summed E-state index contributed by atoms with van der Waals surface area (Å²) >= 11 is 0.